The van der Waals surface area contributed by atoms with Gasteiger partial charge in [0.15, 0.2) is 0 Å². The van der Waals surface area contributed by atoms with Crippen LogP contribution in [0.3, 0.4) is 0 Å². The summed E-state index contributed by atoms with van der Waals surface area (Å²) in [5, 5.41) is 20.5. The Hall–Kier alpha value is -1.02. The van der Waals surface area contributed by atoms with Gasteiger partial charge in [0.2, 0.25) is 0 Å². The van der Waals surface area contributed by atoms with Gasteiger partial charge in [0, 0.05) is 0 Å². The third-order valence-electron chi connectivity index (χ3n) is 1.49. The average molecular weight is 222 g/mol. The Morgan fingerprint density at radius 1 is 0.562 bits per heavy atom. The van der Waals surface area contributed by atoms with Gasteiger partial charge in [0.05, 0.1) is 0 Å². The maximum atomic E-state index is 10.3. The van der Waals surface area contributed by atoms with Gasteiger partial charge >= 0.3 is 33.2 Å². The minimum Gasteiger partial charge on any atom is -0.872 e. The van der Waals surface area contributed by atoms with Crippen molar-refractivity contribution in [3.63, 3.8) is 0 Å². The Balaban J connectivity index is 0. The van der Waals surface area contributed by atoms with Crippen molar-refractivity contribution in [1.82, 2.24) is 0 Å². The van der Waals surface area contributed by atoms with E-state index in [2.05, 4.69) is 0 Å². The fraction of sp³-hybridized carbons (Fsp3) is 0. The standard InChI is InChI=1S/2C6H6O.Be.Mg.2H/c2*7-6-4-2-1-3-5-6;;;;/h2*1-5,7H;;;;/q;;;+2;;/p-2. The predicted octanol–water partition coefficient (Wildman–Crippen LogP) is 0.223. The van der Waals surface area contributed by atoms with Gasteiger partial charge in [-0.15, -0.1) is 11.5 Å². The molecule has 0 unspecified atom stereocenters. The van der Waals surface area contributed by atoms with E-state index in [1.165, 1.54) is 24.3 Å². The summed E-state index contributed by atoms with van der Waals surface area (Å²) in [6.45, 7) is 0. The van der Waals surface area contributed by atoms with E-state index in [1.54, 1.807) is 24.3 Å². The summed E-state index contributed by atoms with van der Waals surface area (Å²) in [5.41, 5.74) is 0. The van der Waals surface area contributed by atoms with Crippen LogP contribution in [-0.2, 0) is 0 Å². The van der Waals surface area contributed by atoms with Crippen LogP contribution in [-0.4, -0.2) is 33.2 Å². The molecule has 0 aliphatic carbocycles. The van der Waals surface area contributed by atoms with Crippen molar-refractivity contribution in [2.24, 2.45) is 0 Å². The quantitative estimate of drug-likeness (QED) is 0.598. The Bertz CT molecular complexity index is 316. The molecule has 2 nitrogen and oxygen atoms in total. The predicted molar refractivity (Wildman–Crippen MR) is 66.1 cm³/mol. The molecule has 4 heteroatoms. The molecule has 0 radical (unpaired) electrons. The summed E-state index contributed by atoms with van der Waals surface area (Å²) in [6, 6.07) is 16.7. The summed E-state index contributed by atoms with van der Waals surface area (Å²) >= 11 is 0. The van der Waals surface area contributed by atoms with E-state index in [4.69, 9.17) is 0 Å². The van der Waals surface area contributed by atoms with Gasteiger partial charge in [-0.05, 0) is 0 Å². The third-order valence-corrected chi connectivity index (χ3v) is 1.49. The van der Waals surface area contributed by atoms with Gasteiger partial charge in [-0.2, -0.15) is 0 Å². The maximum absolute atomic E-state index is 10.3. The molecule has 16 heavy (non-hydrogen) atoms. The van der Waals surface area contributed by atoms with Crippen molar-refractivity contribution < 1.29 is 10.2 Å². The monoisotopic (exact) mass is 221 g/mol. The molecule has 0 aliphatic rings. The number of rotatable bonds is 0. The van der Waals surface area contributed by atoms with E-state index in [9.17, 15) is 10.2 Å². The first kappa shape index (κ1) is 17.4. The zero-order valence-corrected chi connectivity index (χ0v) is 9.71. The zero-order chi connectivity index (χ0) is 10.2. The van der Waals surface area contributed by atoms with Crippen molar-refractivity contribution >= 4 is 33.2 Å². The summed E-state index contributed by atoms with van der Waals surface area (Å²) in [7, 11) is 0. The summed E-state index contributed by atoms with van der Waals surface area (Å²) in [6.07, 6.45) is 0. The first-order valence-corrected chi connectivity index (χ1v) is 4.23. The van der Waals surface area contributed by atoms with E-state index in [1.807, 2.05) is 12.1 Å². The second-order valence-electron chi connectivity index (χ2n) is 2.63. The van der Waals surface area contributed by atoms with Gasteiger partial charge in [-0.3, -0.25) is 0 Å². The normalized spacial score (nSPS) is 7.50. The molecular weight excluding hydrogens is 209 g/mol. The molecular formula is C12H12BeMgO2. The van der Waals surface area contributed by atoms with E-state index in [0.29, 0.717) is 0 Å². The van der Waals surface area contributed by atoms with Crippen molar-refractivity contribution in [2.45, 2.75) is 0 Å². The first-order valence-electron chi connectivity index (χ1n) is 4.23. The second-order valence-corrected chi connectivity index (χ2v) is 2.63. The van der Waals surface area contributed by atoms with Crippen molar-refractivity contribution in [2.75, 3.05) is 0 Å². The van der Waals surface area contributed by atoms with Crippen LogP contribution in [0.15, 0.2) is 60.7 Å². The van der Waals surface area contributed by atoms with Gasteiger partial charge in [0.25, 0.3) is 0 Å². The average Bonchev–Trinajstić information content (AvgIpc) is 2.21. The third kappa shape index (κ3) is 8.30. The van der Waals surface area contributed by atoms with E-state index in [0.717, 1.165) is 0 Å². The summed E-state index contributed by atoms with van der Waals surface area (Å²) < 4.78 is 0. The topological polar surface area (TPSA) is 46.1 Å². The fourth-order valence-electron chi connectivity index (χ4n) is 0.841. The molecule has 2 rings (SSSR count). The minimum atomic E-state index is 0. The summed E-state index contributed by atoms with van der Waals surface area (Å²) in [4.78, 5) is 0. The van der Waals surface area contributed by atoms with Crippen LogP contribution in [0.1, 0.15) is 0 Å². The number of benzene rings is 2. The smallest absolute Gasteiger partial charge is 0.872 e. The van der Waals surface area contributed by atoms with Crippen LogP contribution in [0.2, 0.25) is 0 Å². The van der Waals surface area contributed by atoms with Crippen LogP contribution in [0.25, 0.3) is 0 Å². The van der Waals surface area contributed by atoms with Crippen molar-refractivity contribution in [3.05, 3.63) is 60.7 Å². The van der Waals surface area contributed by atoms with Crippen LogP contribution >= 0.6 is 0 Å². The fourth-order valence-corrected chi connectivity index (χ4v) is 0.841. The molecule has 0 aliphatic heterocycles. The van der Waals surface area contributed by atoms with E-state index in [-0.39, 0.29) is 44.7 Å². The Labute approximate surface area is 115 Å². The van der Waals surface area contributed by atoms with Crippen LogP contribution in [0.4, 0.5) is 0 Å². The molecule has 2 aromatic rings. The molecule has 0 aromatic heterocycles. The SMILES string of the molecule is [BeH2].[Mg+2].[O-]c1ccccc1.[O-]c1ccccc1. The van der Waals surface area contributed by atoms with Crippen LogP contribution in [0, 0.1) is 0 Å². The molecule has 0 saturated carbocycles. The Morgan fingerprint density at radius 3 is 0.938 bits per heavy atom. The molecule has 2 aromatic carbocycles. The van der Waals surface area contributed by atoms with Gasteiger partial charge in [-0.1, -0.05) is 60.7 Å². The minimum absolute atomic E-state index is 0. The molecule has 0 amide bonds. The van der Waals surface area contributed by atoms with Gasteiger partial charge in [0.1, 0.15) is 0 Å². The molecule has 0 bridgehead atoms. The molecule has 0 heterocycles. The molecule has 0 saturated heterocycles. The van der Waals surface area contributed by atoms with Crippen molar-refractivity contribution in [1.29, 1.82) is 0 Å². The zero-order valence-electron chi connectivity index (χ0n) is 8.30. The number of para-hydroxylation sites is 2. The largest absolute Gasteiger partial charge is 2.00 e. The maximum Gasteiger partial charge on any atom is 2.00 e. The van der Waals surface area contributed by atoms with Crippen LogP contribution < -0.4 is 10.2 Å². The number of hydrogen-bond donors (Lipinski definition) is 0. The van der Waals surface area contributed by atoms with Crippen molar-refractivity contribution in [3.8, 4) is 11.5 Å². The molecule has 0 spiro atoms. The Morgan fingerprint density at radius 2 is 0.812 bits per heavy atom. The van der Waals surface area contributed by atoms with Gasteiger partial charge < -0.3 is 10.2 Å². The first-order chi connectivity index (χ1) is 6.79. The Kier molecular flexibility index (Phi) is 11.4. The van der Waals surface area contributed by atoms with E-state index >= 15 is 0 Å². The summed E-state index contributed by atoms with van der Waals surface area (Å²) in [5.74, 6) is 0.144. The molecule has 76 valence electrons. The van der Waals surface area contributed by atoms with Gasteiger partial charge in [-0.25, -0.2) is 0 Å². The molecule has 0 atom stereocenters. The van der Waals surface area contributed by atoms with E-state index < -0.39 is 0 Å². The molecule has 0 N–H and O–H groups in total. The molecule has 0 fully saturated rings. The van der Waals surface area contributed by atoms with Crippen LogP contribution in [0.5, 0.6) is 11.5 Å². The second kappa shape index (κ2) is 10.5. The number of hydrogen-bond acceptors (Lipinski definition) is 2.